The van der Waals surface area contributed by atoms with Gasteiger partial charge in [0.25, 0.3) is 5.91 Å². The van der Waals surface area contributed by atoms with E-state index in [-0.39, 0.29) is 18.1 Å². The molecule has 1 amide bonds. The standard InChI is InChI=1S/C20H22N4O3/c1-12(2)24-19-14(9-22-24)8-16(13(3)23-19)20(25)21-10-15-11-26-17-6-4-5-7-18(17)27-15/h4-9,12,15H,10-11H2,1-3H3,(H,21,25)/t15-/m0/s1. The van der Waals surface area contributed by atoms with E-state index in [9.17, 15) is 4.79 Å². The largest absolute Gasteiger partial charge is 0.486 e. The first kappa shape index (κ1) is 17.3. The summed E-state index contributed by atoms with van der Waals surface area (Å²) in [6.45, 7) is 6.69. The van der Waals surface area contributed by atoms with Gasteiger partial charge < -0.3 is 14.8 Å². The van der Waals surface area contributed by atoms with Crippen molar-refractivity contribution in [3.8, 4) is 11.5 Å². The van der Waals surface area contributed by atoms with Gasteiger partial charge in [0.2, 0.25) is 0 Å². The number of aryl methyl sites for hydroxylation is 1. The van der Waals surface area contributed by atoms with Crippen molar-refractivity contribution in [2.45, 2.75) is 32.9 Å². The van der Waals surface area contributed by atoms with E-state index in [1.807, 2.05) is 41.9 Å². The number of carbonyl (C=O) groups is 1. The second-order valence-electron chi connectivity index (χ2n) is 6.92. The summed E-state index contributed by atoms with van der Waals surface area (Å²) in [4.78, 5) is 17.2. The number of benzene rings is 1. The van der Waals surface area contributed by atoms with E-state index >= 15 is 0 Å². The van der Waals surface area contributed by atoms with Crippen LogP contribution in [0.1, 0.15) is 35.9 Å². The molecule has 1 aliphatic heterocycles. The third-order valence-corrected chi connectivity index (χ3v) is 4.55. The molecule has 0 unspecified atom stereocenters. The maximum Gasteiger partial charge on any atom is 0.253 e. The molecule has 0 aliphatic carbocycles. The predicted molar refractivity (Wildman–Crippen MR) is 101 cm³/mol. The molecule has 27 heavy (non-hydrogen) atoms. The summed E-state index contributed by atoms with van der Waals surface area (Å²) in [7, 11) is 0. The van der Waals surface area contributed by atoms with Gasteiger partial charge in [-0.05, 0) is 39.0 Å². The van der Waals surface area contributed by atoms with Crippen LogP contribution in [0.15, 0.2) is 36.5 Å². The Hall–Kier alpha value is -3.09. The molecule has 0 saturated heterocycles. The van der Waals surface area contributed by atoms with Crippen LogP contribution in [0.5, 0.6) is 11.5 Å². The molecular formula is C20H22N4O3. The minimum atomic E-state index is -0.232. The normalized spacial score (nSPS) is 15.9. The van der Waals surface area contributed by atoms with E-state index in [0.29, 0.717) is 30.2 Å². The number of fused-ring (bicyclic) bond motifs is 2. The molecule has 0 fully saturated rings. The Balaban J connectivity index is 1.46. The molecule has 3 heterocycles. The molecule has 3 aromatic rings. The van der Waals surface area contributed by atoms with E-state index in [2.05, 4.69) is 29.2 Å². The molecule has 1 aliphatic rings. The van der Waals surface area contributed by atoms with Crippen molar-refractivity contribution in [3.05, 3.63) is 47.8 Å². The van der Waals surface area contributed by atoms with Crippen LogP contribution >= 0.6 is 0 Å². The number of carbonyl (C=O) groups excluding carboxylic acids is 1. The Bertz CT molecular complexity index is 996. The Labute approximate surface area is 157 Å². The smallest absolute Gasteiger partial charge is 0.253 e. The second-order valence-corrected chi connectivity index (χ2v) is 6.92. The zero-order valence-corrected chi connectivity index (χ0v) is 15.6. The van der Waals surface area contributed by atoms with Crippen molar-refractivity contribution in [1.29, 1.82) is 0 Å². The highest BCUT2D eigenvalue weighted by molar-refractivity contribution is 5.98. The van der Waals surface area contributed by atoms with E-state index in [1.165, 1.54) is 0 Å². The molecule has 0 bridgehead atoms. The van der Waals surface area contributed by atoms with Crippen LogP contribution in [0, 0.1) is 6.92 Å². The SMILES string of the molecule is Cc1nc2c(cnn2C(C)C)cc1C(=O)NC[C@H]1COc2ccccc2O1. The van der Waals surface area contributed by atoms with Gasteiger partial charge in [-0.2, -0.15) is 5.10 Å². The Morgan fingerprint density at radius 1 is 1.33 bits per heavy atom. The molecule has 2 aromatic heterocycles. The molecule has 1 N–H and O–H groups in total. The maximum absolute atomic E-state index is 12.7. The van der Waals surface area contributed by atoms with Gasteiger partial charge in [-0.1, -0.05) is 12.1 Å². The number of hydrogen-bond acceptors (Lipinski definition) is 5. The number of para-hydroxylation sites is 2. The first-order chi connectivity index (χ1) is 13.0. The molecule has 0 radical (unpaired) electrons. The van der Waals surface area contributed by atoms with E-state index in [0.717, 1.165) is 16.8 Å². The molecule has 1 atom stereocenters. The highest BCUT2D eigenvalue weighted by Crippen LogP contribution is 2.30. The average molecular weight is 366 g/mol. The number of nitrogens with zero attached hydrogens (tertiary/aromatic N) is 3. The summed E-state index contributed by atoms with van der Waals surface area (Å²) < 4.78 is 13.4. The lowest BCUT2D eigenvalue weighted by Gasteiger charge is -2.26. The predicted octanol–water partition coefficient (Wildman–Crippen LogP) is 2.89. The van der Waals surface area contributed by atoms with Gasteiger partial charge in [0.05, 0.1) is 24.0 Å². The Morgan fingerprint density at radius 2 is 2.11 bits per heavy atom. The fourth-order valence-electron chi connectivity index (χ4n) is 3.14. The summed E-state index contributed by atoms with van der Waals surface area (Å²) in [5.74, 6) is 1.25. The molecule has 1 aromatic carbocycles. The Morgan fingerprint density at radius 3 is 2.89 bits per heavy atom. The van der Waals surface area contributed by atoms with Gasteiger partial charge in [0.15, 0.2) is 17.1 Å². The quantitative estimate of drug-likeness (QED) is 0.768. The van der Waals surface area contributed by atoms with E-state index in [1.54, 1.807) is 6.20 Å². The van der Waals surface area contributed by atoms with Crippen LogP contribution in [-0.2, 0) is 0 Å². The van der Waals surface area contributed by atoms with Gasteiger partial charge in [0, 0.05) is 11.4 Å². The molecule has 0 spiro atoms. The summed E-state index contributed by atoms with van der Waals surface area (Å²) in [5.41, 5.74) is 2.01. The van der Waals surface area contributed by atoms with Crippen molar-refractivity contribution in [2.75, 3.05) is 13.2 Å². The minimum absolute atomic E-state index is 0.179. The lowest BCUT2D eigenvalue weighted by atomic mass is 10.1. The topological polar surface area (TPSA) is 78.3 Å². The van der Waals surface area contributed by atoms with E-state index < -0.39 is 0 Å². The first-order valence-corrected chi connectivity index (χ1v) is 9.04. The highest BCUT2D eigenvalue weighted by Gasteiger charge is 2.22. The fourth-order valence-corrected chi connectivity index (χ4v) is 3.14. The first-order valence-electron chi connectivity index (χ1n) is 9.04. The Kier molecular flexibility index (Phi) is 4.43. The van der Waals surface area contributed by atoms with Gasteiger partial charge >= 0.3 is 0 Å². The summed E-state index contributed by atoms with van der Waals surface area (Å²) in [6, 6.07) is 9.57. The van der Waals surface area contributed by atoms with Crippen LogP contribution in [0.25, 0.3) is 11.0 Å². The average Bonchev–Trinajstić information content (AvgIpc) is 3.08. The maximum atomic E-state index is 12.7. The van der Waals surface area contributed by atoms with Crippen LogP contribution in [-0.4, -0.2) is 39.9 Å². The van der Waals surface area contributed by atoms with Gasteiger partial charge in [-0.3, -0.25) is 4.79 Å². The van der Waals surface area contributed by atoms with Crippen LogP contribution in [0.4, 0.5) is 0 Å². The number of hydrogen-bond donors (Lipinski definition) is 1. The number of nitrogens with one attached hydrogen (secondary N) is 1. The van der Waals surface area contributed by atoms with E-state index in [4.69, 9.17) is 9.47 Å². The number of aromatic nitrogens is 3. The molecular weight excluding hydrogens is 344 g/mol. The lowest BCUT2D eigenvalue weighted by molar-refractivity contribution is 0.0788. The van der Waals surface area contributed by atoms with Gasteiger partial charge in [0.1, 0.15) is 12.7 Å². The zero-order chi connectivity index (χ0) is 19.0. The monoisotopic (exact) mass is 366 g/mol. The third-order valence-electron chi connectivity index (χ3n) is 4.55. The minimum Gasteiger partial charge on any atom is -0.486 e. The van der Waals surface area contributed by atoms with Crippen molar-refractivity contribution in [3.63, 3.8) is 0 Å². The van der Waals surface area contributed by atoms with Gasteiger partial charge in [-0.15, -0.1) is 0 Å². The van der Waals surface area contributed by atoms with Crippen LogP contribution in [0.2, 0.25) is 0 Å². The van der Waals surface area contributed by atoms with Crippen molar-refractivity contribution < 1.29 is 14.3 Å². The number of ether oxygens (including phenoxy) is 2. The van der Waals surface area contributed by atoms with Gasteiger partial charge in [-0.25, -0.2) is 9.67 Å². The van der Waals surface area contributed by atoms with Crippen LogP contribution < -0.4 is 14.8 Å². The van der Waals surface area contributed by atoms with Crippen molar-refractivity contribution >= 4 is 16.9 Å². The van der Waals surface area contributed by atoms with Crippen LogP contribution in [0.3, 0.4) is 0 Å². The number of rotatable bonds is 4. The van der Waals surface area contributed by atoms with Crippen molar-refractivity contribution in [2.24, 2.45) is 0 Å². The molecule has 140 valence electrons. The second kappa shape index (κ2) is 6.90. The number of amides is 1. The zero-order valence-electron chi connectivity index (χ0n) is 15.6. The molecule has 4 rings (SSSR count). The molecule has 7 heteroatoms. The number of pyridine rings is 1. The fraction of sp³-hybridized carbons (Fsp3) is 0.350. The summed E-state index contributed by atoms with van der Waals surface area (Å²) in [6.07, 6.45) is 1.51. The summed E-state index contributed by atoms with van der Waals surface area (Å²) in [5, 5.41) is 8.14. The lowest BCUT2D eigenvalue weighted by Crippen LogP contribution is -2.40. The third kappa shape index (κ3) is 3.32. The van der Waals surface area contributed by atoms with Crippen molar-refractivity contribution in [1.82, 2.24) is 20.1 Å². The molecule has 0 saturated carbocycles. The molecule has 7 nitrogen and oxygen atoms in total. The summed E-state index contributed by atoms with van der Waals surface area (Å²) >= 11 is 0. The highest BCUT2D eigenvalue weighted by atomic mass is 16.6.